The summed E-state index contributed by atoms with van der Waals surface area (Å²) in [5.41, 5.74) is 0.517. The molecule has 0 aliphatic rings. The van der Waals surface area contributed by atoms with Crippen LogP contribution in [-0.4, -0.2) is 23.6 Å². The molecule has 0 aliphatic carbocycles. The second-order valence-electron chi connectivity index (χ2n) is 2.77. The Hall–Kier alpha value is -0.540. The van der Waals surface area contributed by atoms with Crippen molar-refractivity contribution < 1.29 is 9.90 Å². The van der Waals surface area contributed by atoms with Gasteiger partial charge in [-0.25, -0.2) is 0 Å². The summed E-state index contributed by atoms with van der Waals surface area (Å²) in [4.78, 5) is 11.0. The van der Waals surface area contributed by atoms with Gasteiger partial charge >= 0.3 is 0 Å². The summed E-state index contributed by atoms with van der Waals surface area (Å²) in [6.07, 6.45) is 3.57. The Kier molecular flexibility index (Phi) is 7.74. The van der Waals surface area contributed by atoms with E-state index in [1.807, 2.05) is 0 Å². The highest BCUT2D eigenvalue weighted by atomic mass is 35.5. The maximum atomic E-state index is 11.0. The normalized spacial score (nSPS) is 9.69. The van der Waals surface area contributed by atoms with E-state index in [1.165, 1.54) is 0 Å². The molecule has 0 bridgehead atoms. The van der Waals surface area contributed by atoms with Crippen molar-refractivity contribution in [2.24, 2.45) is 0 Å². The minimum atomic E-state index is -0.334. The van der Waals surface area contributed by atoms with Crippen LogP contribution in [0.25, 0.3) is 0 Å². The van der Waals surface area contributed by atoms with Crippen LogP contribution < -0.4 is 5.32 Å². The Morgan fingerprint density at radius 1 is 1.38 bits per heavy atom. The van der Waals surface area contributed by atoms with E-state index in [4.69, 9.17) is 16.7 Å². The van der Waals surface area contributed by atoms with E-state index >= 15 is 0 Å². The lowest BCUT2D eigenvalue weighted by molar-refractivity contribution is -0.118. The number of hydrogen-bond acceptors (Lipinski definition) is 2. The van der Waals surface area contributed by atoms with Crippen molar-refractivity contribution in [1.29, 1.82) is 0 Å². The zero-order valence-electron chi connectivity index (χ0n) is 7.68. The zero-order valence-corrected chi connectivity index (χ0v) is 8.44. The van der Waals surface area contributed by atoms with Gasteiger partial charge in [-0.1, -0.05) is 13.0 Å². The first-order valence-electron chi connectivity index (χ1n) is 4.35. The van der Waals surface area contributed by atoms with E-state index in [2.05, 4.69) is 11.9 Å². The number of carbonyl (C=O) groups is 1. The minimum absolute atomic E-state index is 0.270. The van der Waals surface area contributed by atoms with Crippen LogP contribution in [0.5, 0.6) is 0 Å². The van der Waals surface area contributed by atoms with Crippen LogP contribution >= 0.6 is 11.6 Å². The standard InChI is InChI=1S/C9H16ClNO2/c1-8(9(13)11-7-12)5-3-2-4-6-10/h12H,1-7H2,(H,11,13). The summed E-state index contributed by atoms with van der Waals surface area (Å²) in [5, 5.41) is 10.7. The third-order valence-corrected chi connectivity index (χ3v) is 1.94. The molecule has 0 rings (SSSR count). The number of aliphatic hydroxyl groups excluding tert-OH is 1. The first-order valence-corrected chi connectivity index (χ1v) is 4.88. The summed E-state index contributed by atoms with van der Waals surface area (Å²) in [6.45, 7) is 3.28. The number of carbonyl (C=O) groups excluding carboxylic acids is 1. The van der Waals surface area contributed by atoms with Crippen molar-refractivity contribution in [3.8, 4) is 0 Å². The predicted octanol–water partition coefficient (Wildman–Crippen LogP) is 1.41. The first kappa shape index (κ1) is 12.5. The van der Waals surface area contributed by atoms with Crippen molar-refractivity contribution in [1.82, 2.24) is 5.32 Å². The molecule has 0 saturated carbocycles. The molecular weight excluding hydrogens is 190 g/mol. The number of alkyl halides is 1. The molecule has 0 radical (unpaired) electrons. The van der Waals surface area contributed by atoms with Crippen molar-refractivity contribution >= 4 is 17.5 Å². The molecule has 0 atom stereocenters. The van der Waals surface area contributed by atoms with Crippen molar-refractivity contribution in [3.05, 3.63) is 12.2 Å². The van der Waals surface area contributed by atoms with Crippen LogP contribution in [0.15, 0.2) is 12.2 Å². The number of rotatable bonds is 7. The second kappa shape index (κ2) is 8.08. The number of nitrogens with one attached hydrogen (secondary N) is 1. The SMILES string of the molecule is C=C(CCCCCCl)C(=O)NCO. The molecule has 76 valence electrons. The Morgan fingerprint density at radius 3 is 2.62 bits per heavy atom. The number of aliphatic hydroxyl groups is 1. The smallest absolute Gasteiger partial charge is 0.248 e. The van der Waals surface area contributed by atoms with E-state index in [-0.39, 0.29) is 12.6 Å². The second-order valence-corrected chi connectivity index (χ2v) is 3.15. The number of unbranched alkanes of at least 4 members (excludes halogenated alkanes) is 2. The van der Waals surface area contributed by atoms with Crippen molar-refractivity contribution in [3.63, 3.8) is 0 Å². The van der Waals surface area contributed by atoms with Gasteiger partial charge in [0, 0.05) is 11.5 Å². The van der Waals surface area contributed by atoms with Gasteiger partial charge < -0.3 is 10.4 Å². The van der Waals surface area contributed by atoms with Crippen LogP contribution in [0, 0.1) is 0 Å². The van der Waals surface area contributed by atoms with Gasteiger partial charge in [-0.15, -0.1) is 11.6 Å². The predicted molar refractivity (Wildman–Crippen MR) is 53.6 cm³/mol. The van der Waals surface area contributed by atoms with Gasteiger partial charge in [0.25, 0.3) is 0 Å². The maximum Gasteiger partial charge on any atom is 0.248 e. The third-order valence-electron chi connectivity index (χ3n) is 1.67. The van der Waals surface area contributed by atoms with Crippen molar-refractivity contribution in [2.75, 3.05) is 12.6 Å². The summed E-state index contributed by atoms with van der Waals surface area (Å²) < 4.78 is 0. The fourth-order valence-electron chi connectivity index (χ4n) is 0.920. The number of halogens is 1. The Labute approximate surface area is 83.8 Å². The van der Waals surface area contributed by atoms with E-state index in [0.717, 1.165) is 19.3 Å². The van der Waals surface area contributed by atoms with Gasteiger partial charge in [-0.2, -0.15) is 0 Å². The van der Waals surface area contributed by atoms with E-state index in [1.54, 1.807) is 0 Å². The van der Waals surface area contributed by atoms with Crippen molar-refractivity contribution in [2.45, 2.75) is 25.7 Å². The fourth-order valence-corrected chi connectivity index (χ4v) is 1.11. The fraction of sp³-hybridized carbons (Fsp3) is 0.667. The average molecular weight is 206 g/mol. The summed E-state index contributed by atoms with van der Waals surface area (Å²) in [6, 6.07) is 0. The van der Waals surface area contributed by atoms with Gasteiger partial charge in [0.2, 0.25) is 5.91 Å². The van der Waals surface area contributed by atoms with Crippen LogP contribution in [0.3, 0.4) is 0 Å². The molecule has 0 aromatic rings. The van der Waals surface area contributed by atoms with Gasteiger partial charge in [-0.3, -0.25) is 4.79 Å². The molecule has 0 spiro atoms. The molecule has 0 heterocycles. The van der Waals surface area contributed by atoms with E-state index in [9.17, 15) is 4.79 Å². The molecule has 3 nitrogen and oxygen atoms in total. The molecule has 0 unspecified atom stereocenters. The lowest BCUT2D eigenvalue weighted by Crippen LogP contribution is -2.25. The van der Waals surface area contributed by atoms with Crippen LogP contribution in [-0.2, 0) is 4.79 Å². The van der Waals surface area contributed by atoms with Gasteiger partial charge in [0.05, 0.1) is 0 Å². The highest BCUT2D eigenvalue weighted by Crippen LogP contribution is 2.07. The molecule has 0 fully saturated rings. The van der Waals surface area contributed by atoms with Crippen LogP contribution in [0.1, 0.15) is 25.7 Å². The molecule has 0 saturated heterocycles. The molecule has 0 aliphatic heterocycles. The lowest BCUT2D eigenvalue weighted by atomic mass is 10.1. The Morgan fingerprint density at radius 2 is 2.08 bits per heavy atom. The molecular formula is C9H16ClNO2. The van der Waals surface area contributed by atoms with Gasteiger partial charge in [-0.05, 0) is 19.3 Å². The average Bonchev–Trinajstić information content (AvgIpc) is 2.12. The van der Waals surface area contributed by atoms with Crippen LogP contribution in [0.4, 0.5) is 0 Å². The van der Waals surface area contributed by atoms with Gasteiger partial charge in [0.15, 0.2) is 0 Å². The van der Waals surface area contributed by atoms with E-state index < -0.39 is 0 Å². The summed E-state index contributed by atoms with van der Waals surface area (Å²) in [5.74, 6) is 0.392. The minimum Gasteiger partial charge on any atom is -0.376 e. The molecule has 2 N–H and O–H groups in total. The maximum absolute atomic E-state index is 11.0. The molecule has 1 amide bonds. The lowest BCUT2D eigenvalue weighted by Gasteiger charge is -2.04. The van der Waals surface area contributed by atoms with Gasteiger partial charge in [0.1, 0.15) is 6.73 Å². The molecule has 4 heteroatoms. The number of hydrogen-bond donors (Lipinski definition) is 2. The molecule has 0 aromatic heterocycles. The quantitative estimate of drug-likeness (QED) is 0.286. The molecule has 0 aromatic carbocycles. The van der Waals surface area contributed by atoms with Crippen LogP contribution in [0.2, 0.25) is 0 Å². The monoisotopic (exact) mass is 205 g/mol. The third kappa shape index (κ3) is 6.61. The highest BCUT2D eigenvalue weighted by molar-refractivity contribution is 6.17. The Bertz CT molecular complexity index is 171. The number of amides is 1. The Balaban J connectivity index is 3.44. The summed E-state index contributed by atoms with van der Waals surface area (Å²) >= 11 is 5.49. The van der Waals surface area contributed by atoms with E-state index in [0.29, 0.717) is 17.9 Å². The largest absolute Gasteiger partial charge is 0.376 e. The first-order chi connectivity index (χ1) is 6.22. The molecule has 13 heavy (non-hydrogen) atoms. The topological polar surface area (TPSA) is 49.3 Å². The zero-order chi connectivity index (χ0) is 10.1. The highest BCUT2D eigenvalue weighted by Gasteiger charge is 2.04. The summed E-state index contributed by atoms with van der Waals surface area (Å²) in [7, 11) is 0.